The number of hydrogen-bond donors (Lipinski definition) is 1. The molecule has 0 saturated carbocycles. The molecule has 2 aliphatic heterocycles. The van der Waals surface area contributed by atoms with E-state index < -0.39 is 11.6 Å². The number of carbonyl (C=O) groups is 2. The molecule has 1 amide bonds. The third-order valence-electron chi connectivity index (χ3n) is 2.83. The molecule has 0 spiro atoms. The molecule has 12 heavy (non-hydrogen) atoms. The van der Waals surface area contributed by atoms with Gasteiger partial charge in [-0.15, -0.1) is 0 Å². The van der Waals surface area contributed by atoms with Gasteiger partial charge in [0.25, 0.3) is 0 Å². The quantitative estimate of drug-likeness (QED) is 0.554. The van der Waals surface area contributed by atoms with E-state index in [1.807, 2.05) is 13.8 Å². The topological polar surface area (TPSA) is 55.4 Å². The molecule has 0 aromatic carbocycles. The van der Waals surface area contributed by atoms with Crippen LogP contribution in [0.15, 0.2) is 0 Å². The van der Waals surface area contributed by atoms with Crippen molar-refractivity contribution in [2.75, 3.05) is 0 Å². The maximum Gasteiger partial charge on any atom is 0.333 e. The van der Waals surface area contributed by atoms with Crippen molar-refractivity contribution >= 4 is 11.9 Å². The van der Waals surface area contributed by atoms with E-state index in [0.717, 1.165) is 0 Å². The summed E-state index contributed by atoms with van der Waals surface area (Å²) in [5.74, 6) is -0.530. The number of ether oxygens (including phenoxy) is 1. The van der Waals surface area contributed by atoms with Gasteiger partial charge in [-0.05, 0) is 13.3 Å². The van der Waals surface area contributed by atoms with Crippen molar-refractivity contribution in [3.63, 3.8) is 0 Å². The second-order valence-corrected chi connectivity index (χ2v) is 3.51. The number of esters is 1. The molecule has 0 aromatic heterocycles. The minimum atomic E-state index is -0.567. The minimum Gasteiger partial charge on any atom is -0.454 e. The first-order valence-electron chi connectivity index (χ1n) is 4.13. The molecule has 1 N–H and O–H groups in total. The van der Waals surface area contributed by atoms with Crippen LogP contribution in [0, 0.1) is 5.92 Å². The summed E-state index contributed by atoms with van der Waals surface area (Å²) in [6.45, 7) is 3.73. The summed E-state index contributed by atoms with van der Waals surface area (Å²) in [5, 5.41) is 2.63. The second kappa shape index (κ2) is 2.00. The van der Waals surface area contributed by atoms with Crippen molar-refractivity contribution in [2.45, 2.75) is 31.9 Å². The van der Waals surface area contributed by atoms with Gasteiger partial charge in [0.1, 0.15) is 0 Å². The molecule has 2 unspecified atom stereocenters. The lowest BCUT2D eigenvalue weighted by Crippen LogP contribution is -2.62. The molecule has 4 nitrogen and oxygen atoms in total. The lowest BCUT2D eigenvalue weighted by atomic mass is 9.81. The van der Waals surface area contributed by atoms with E-state index in [-0.39, 0.29) is 17.8 Å². The maximum atomic E-state index is 11.3. The van der Waals surface area contributed by atoms with Gasteiger partial charge in [0, 0.05) is 0 Å². The fourth-order valence-electron chi connectivity index (χ4n) is 2.08. The summed E-state index contributed by atoms with van der Waals surface area (Å²) in [4.78, 5) is 22.2. The third-order valence-corrected chi connectivity index (χ3v) is 2.83. The molecule has 4 heteroatoms. The van der Waals surface area contributed by atoms with Crippen LogP contribution < -0.4 is 5.32 Å². The number of amides is 1. The van der Waals surface area contributed by atoms with Gasteiger partial charge in [-0.2, -0.15) is 0 Å². The van der Waals surface area contributed by atoms with Crippen molar-refractivity contribution in [3.8, 4) is 0 Å². The minimum absolute atomic E-state index is 0.0594. The lowest BCUT2D eigenvalue weighted by Gasteiger charge is -2.41. The Morgan fingerprint density at radius 2 is 2.25 bits per heavy atom. The van der Waals surface area contributed by atoms with E-state index >= 15 is 0 Å². The van der Waals surface area contributed by atoms with Gasteiger partial charge in [0.15, 0.2) is 11.6 Å². The molecule has 2 rings (SSSR count). The first-order chi connectivity index (χ1) is 5.59. The van der Waals surface area contributed by atoms with Crippen LogP contribution in [0.1, 0.15) is 20.3 Å². The smallest absolute Gasteiger partial charge is 0.333 e. The lowest BCUT2D eigenvalue weighted by molar-refractivity contribution is -0.198. The summed E-state index contributed by atoms with van der Waals surface area (Å²) in [7, 11) is 0. The van der Waals surface area contributed by atoms with Crippen LogP contribution in [-0.4, -0.2) is 23.5 Å². The number of rotatable bonds is 1. The van der Waals surface area contributed by atoms with Crippen molar-refractivity contribution in [2.24, 2.45) is 5.92 Å². The standard InChI is InChI=1S/C8H11NO3/c1-3-4-6(10)9-5-7(11)12-8(4,5)2/h4-5H,3H2,1-2H3,(H,9,10)/t4?,5?,8-/m0/s1. The zero-order valence-electron chi connectivity index (χ0n) is 7.09. The largest absolute Gasteiger partial charge is 0.454 e. The zero-order valence-corrected chi connectivity index (χ0v) is 7.09. The molecular formula is C8H11NO3. The Kier molecular flexibility index (Phi) is 1.26. The fraction of sp³-hybridized carbons (Fsp3) is 0.750. The summed E-state index contributed by atoms with van der Waals surface area (Å²) < 4.78 is 5.00. The normalized spacial score (nSPS) is 44.5. The highest BCUT2D eigenvalue weighted by Crippen LogP contribution is 2.41. The van der Waals surface area contributed by atoms with Crippen molar-refractivity contribution in [1.29, 1.82) is 0 Å². The monoisotopic (exact) mass is 169 g/mol. The molecule has 0 bridgehead atoms. The highest BCUT2D eigenvalue weighted by molar-refractivity contribution is 5.97. The molecule has 2 fully saturated rings. The summed E-state index contributed by atoms with van der Waals surface area (Å²) in [5.41, 5.74) is -0.567. The van der Waals surface area contributed by atoms with Crippen LogP contribution in [0.3, 0.4) is 0 Å². The number of fused-ring (bicyclic) bond motifs is 1. The Labute approximate surface area is 70.3 Å². The van der Waals surface area contributed by atoms with Crippen LogP contribution in [0.4, 0.5) is 0 Å². The molecular weight excluding hydrogens is 158 g/mol. The van der Waals surface area contributed by atoms with E-state index in [1.54, 1.807) is 0 Å². The Hall–Kier alpha value is -1.06. The number of nitrogens with one attached hydrogen (secondary N) is 1. The molecule has 66 valence electrons. The molecule has 2 aliphatic rings. The Morgan fingerprint density at radius 1 is 1.58 bits per heavy atom. The molecule has 3 atom stereocenters. The van der Waals surface area contributed by atoms with E-state index in [9.17, 15) is 9.59 Å². The summed E-state index contributed by atoms with van der Waals surface area (Å²) in [6.07, 6.45) is 0.714. The number of carbonyl (C=O) groups excluding carboxylic acids is 2. The molecule has 0 aliphatic carbocycles. The van der Waals surface area contributed by atoms with Crippen LogP contribution in [0.25, 0.3) is 0 Å². The van der Waals surface area contributed by atoms with Crippen molar-refractivity contribution < 1.29 is 14.3 Å². The Balaban J connectivity index is 2.29. The van der Waals surface area contributed by atoms with Crippen molar-refractivity contribution in [1.82, 2.24) is 5.32 Å². The summed E-state index contributed by atoms with van der Waals surface area (Å²) >= 11 is 0. The average molecular weight is 169 g/mol. The van der Waals surface area contributed by atoms with Gasteiger partial charge in [-0.3, -0.25) is 4.79 Å². The molecule has 2 saturated heterocycles. The predicted octanol–water partition coefficient (Wildman–Crippen LogP) is -0.174. The summed E-state index contributed by atoms with van der Waals surface area (Å²) in [6, 6.07) is -0.394. The van der Waals surface area contributed by atoms with Crippen LogP contribution in [0.2, 0.25) is 0 Å². The van der Waals surface area contributed by atoms with Gasteiger partial charge in [0.05, 0.1) is 5.92 Å². The van der Waals surface area contributed by atoms with Gasteiger partial charge in [-0.25, -0.2) is 4.79 Å². The predicted molar refractivity (Wildman–Crippen MR) is 40.2 cm³/mol. The highest BCUT2D eigenvalue weighted by Gasteiger charge is 2.64. The molecule has 2 heterocycles. The first-order valence-corrected chi connectivity index (χ1v) is 4.13. The molecule has 0 radical (unpaired) electrons. The first kappa shape index (κ1) is 7.58. The Bertz CT molecular complexity index is 263. The van der Waals surface area contributed by atoms with Crippen LogP contribution in [0.5, 0.6) is 0 Å². The van der Waals surface area contributed by atoms with Gasteiger partial charge >= 0.3 is 5.97 Å². The van der Waals surface area contributed by atoms with E-state index in [1.165, 1.54) is 0 Å². The second-order valence-electron chi connectivity index (χ2n) is 3.51. The Morgan fingerprint density at radius 3 is 2.67 bits per heavy atom. The van der Waals surface area contributed by atoms with E-state index in [2.05, 4.69) is 5.32 Å². The fourth-order valence-corrected chi connectivity index (χ4v) is 2.08. The third kappa shape index (κ3) is 0.629. The van der Waals surface area contributed by atoms with Crippen molar-refractivity contribution in [3.05, 3.63) is 0 Å². The van der Waals surface area contributed by atoms with Gasteiger partial charge in [-0.1, -0.05) is 6.92 Å². The van der Waals surface area contributed by atoms with Crippen LogP contribution in [-0.2, 0) is 14.3 Å². The van der Waals surface area contributed by atoms with E-state index in [0.29, 0.717) is 6.42 Å². The average Bonchev–Trinajstić information content (AvgIpc) is 2.20. The van der Waals surface area contributed by atoms with Gasteiger partial charge in [0.2, 0.25) is 5.91 Å². The maximum absolute atomic E-state index is 11.3. The SMILES string of the molecule is CCC1C(=O)NC2C(=O)O[C@@]12C. The zero-order chi connectivity index (χ0) is 8.93. The number of hydrogen-bond acceptors (Lipinski definition) is 3. The van der Waals surface area contributed by atoms with Gasteiger partial charge < -0.3 is 10.1 Å². The molecule has 0 aromatic rings. The van der Waals surface area contributed by atoms with E-state index in [4.69, 9.17) is 4.74 Å². The highest BCUT2D eigenvalue weighted by atomic mass is 16.6. The van der Waals surface area contributed by atoms with Crippen LogP contribution >= 0.6 is 0 Å².